The molecule has 3 heterocycles. The standard InChI is InChI=1S/C20H26N6O2S/c1-24-9-11-25(12-10-24)19-22-23-20(29-19)26-8-4-5-15(26)14-21-17-7-6-16(27-2)13-18(17)28-3/h4-8,13,21H,9-12,14H2,1-3H3. The average molecular weight is 415 g/mol. The van der Waals surface area contributed by atoms with E-state index in [4.69, 9.17) is 9.47 Å². The van der Waals surface area contributed by atoms with Gasteiger partial charge in [0.2, 0.25) is 10.3 Å². The number of rotatable bonds is 7. The first-order chi connectivity index (χ1) is 14.2. The highest BCUT2D eigenvalue weighted by molar-refractivity contribution is 7.17. The summed E-state index contributed by atoms with van der Waals surface area (Å²) in [6.45, 7) is 4.72. The van der Waals surface area contributed by atoms with Gasteiger partial charge in [0.25, 0.3) is 0 Å². The summed E-state index contributed by atoms with van der Waals surface area (Å²) in [7, 11) is 5.46. The van der Waals surface area contributed by atoms with Crippen molar-refractivity contribution in [3.8, 4) is 16.6 Å². The SMILES string of the molecule is COc1ccc(NCc2cccn2-c2nnc(N3CCN(C)CC3)s2)c(OC)c1. The predicted octanol–water partition coefficient (Wildman–Crippen LogP) is 2.71. The fourth-order valence-corrected chi connectivity index (χ4v) is 4.22. The van der Waals surface area contributed by atoms with Crippen molar-refractivity contribution < 1.29 is 9.47 Å². The molecular weight excluding hydrogens is 388 g/mol. The number of nitrogens with one attached hydrogen (secondary N) is 1. The van der Waals surface area contributed by atoms with Crippen molar-refractivity contribution in [1.29, 1.82) is 0 Å². The quantitative estimate of drug-likeness (QED) is 0.638. The van der Waals surface area contributed by atoms with Crippen molar-refractivity contribution >= 4 is 22.2 Å². The van der Waals surface area contributed by atoms with E-state index in [0.717, 1.165) is 59.3 Å². The molecule has 0 radical (unpaired) electrons. The highest BCUT2D eigenvalue weighted by Gasteiger charge is 2.19. The summed E-state index contributed by atoms with van der Waals surface area (Å²) in [6, 6.07) is 9.85. The van der Waals surface area contributed by atoms with Crippen molar-refractivity contribution in [2.75, 3.05) is 57.7 Å². The van der Waals surface area contributed by atoms with Crippen LogP contribution in [0, 0.1) is 0 Å². The summed E-state index contributed by atoms with van der Waals surface area (Å²) in [5.41, 5.74) is 2.01. The number of aromatic nitrogens is 3. The topological polar surface area (TPSA) is 67.7 Å². The Labute approximate surface area is 174 Å². The Balaban J connectivity index is 1.47. The van der Waals surface area contributed by atoms with Crippen LogP contribution in [0.15, 0.2) is 36.5 Å². The Kier molecular flexibility index (Phi) is 5.86. The van der Waals surface area contributed by atoms with Crippen molar-refractivity contribution in [1.82, 2.24) is 19.7 Å². The summed E-state index contributed by atoms with van der Waals surface area (Å²) in [4.78, 5) is 4.65. The van der Waals surface area contributed by atoms with Crippen LogP contribution in [0.4, 0.5) is 10.8 Å². The minimum absolute atomic E-state index is 0.638. The molecule has 0 spiro atoms. The van der Waals surface area contributed by atoms with Gasteiger partial charge in [0.1, 0.15) is 11.5 Å². The van der Waals surface area contributed by atoms with E-state index < -0.39 is 0 Å². The third kappa shape index (κ3) is 4.30. The Hall–Kier alpha value is -2.78. The molecule has 9 heteroatoms. The number of benzene rings is 1. The molecule has 0 bridgehead atoms. The van der Waals surface area contributed by atoms with Crippen LogP contribution in [0.5, 0.6) is 11.5 Å². The molecule has 1 aliphatic heterocycles. The fraction of sp³-hybridized carbons (Fsp3) is 0.400. The lowest BCUT2D eigenvalue weighted by atomic mass is 10.2. The van der Waals surface area contributed by atoms with E-state index in [-0.39, 0.29) is 0 Å². The maximum absolute atomic E-state index is 5.47. The first-order valence-electron chi connectivity index (χ1n) is 9.57. The molecule has 0 unspecified atom stereocenters. The summed E-state index contributed by atoms with van der Waals surface area (Å²) in [5, 5.41) is 14.2. The first-order valence-corrected chi connectivity index (χ1v) is 10.4. The lowest BCUT2D eigenvalue weighted by Crippen LogP contribution is -2.44. The lowest BCUT2D eigenvalue weighted by molar-refractivity contribution is 0.312. The van der Waals surface area contributed by atoms with Crippen LogP contribution < -0.4 is 19.7 Å². The van der Waals surface area contributed by atoms with Crippen LogP contribution in [0.3, 0.4) is 0 Å². The molecule has 0 atom stereocenters. The van der Waals surface area contributed by atoms with Crippen molar-refractivity contribution in [3.05, 3.63) is 42.2 Å². The molecule has 1 N–H and O–H groups in total. The molecule has 1 aromatic carbocycles. The summed E-state index contributed by atoms with van der Waals surface area (Å²) in [5.74, 6) is 1.51. The van der Waals surface area contributed by atoms with E-state index in [9.17, 15) is 0 Å². The van der Waals surface area contributed by atoms with Gasteiger partial charge in [-0.15, -0.1) is 10.2 Å². The van der Waals surface area contributed by atoms with E-state index in [1.54, 1.807) is 25.6 Å². The Morgan fingerprint density at radius 2 is 1.83 bits per heavy atom. The highest BCUT2D eigenvalue weighted by Crippen LogP contribution is 2.30. The normalized spacial score (nSPS) is 14.8. The van der Waals surface area contributed by atoms with Crippen molar-refractivity contribution in [2.24, 2.45) is 0 Å². The lowest BCUT2D eigenvalue weighted by Gasteiger charge is -2.31. The first kappa shape index (κ1) is 19.5. The van der Waals surface area contributed by atoms with Gasteiger partial charge < -0.3 is 24.6 Å². The number of ether oxygens (including phenoxy) is 2. The van der Waals surface area contributed by atoms with Crippen LogP contribution in [-0.4, -0.2) is 67.1 Å². The molecule has 8 nitrogen and oxygen atoms in total. The Bertz CT molecular complexity index is 948. The van der Waals surface area contributed by atoms with Crippen LogP contribution in [0.25, 0.3) is 5.13 Å². The van der Waals surface area contributed by atoms with Gasteiger partial charge in [-0.3, -0.25) is 4.57 Å². The number of nitrogens with zero attached hydrogens (tertiary/aromatic N) is 5. The zero-order valence-corrected chi connectivity index (χ0v) is 17.8. The number of methoxy groups -OCH3 is 2. The molecule has 3 aromatic rings. The van der Waals surface area contributed by atoms with Gasteiger partial charge in [0.05, 0.1) is 26.5 Å². The van der Waals surface area contributed by atoms with Gasteiger partial charge in [0.15, 0.2) is 0 Å². The number of hydrogen-bond donors (Lipinski definition) is 1. The average Bonchev–Trinajstić information content (AvgIpc) is 3.42. The predicted molar refractivity (Wildman–Crippen MR) is 116 cm³/mol. The molecule has 1 saturated heterocycles. The van der Waals surface area contributed by atoms with Crippen molar-refractivity contribution in [3.63, 3.8) is 0 Å². The summed E-state index contributed by atoms with van der Waals surface area (Å²) in [6.07, 6.45) is 2.02. The fourth-order valence-electron chi connectivity index (χ4n) is 3.31. The molecule has 29 heavy (non-hydrogen) atoms. The van der Waals surface area contributed by atoms with Gasteiger partial charge in [-0.25, -0.2) is 0 Å². The number of likely N-dealkylation sites (N-methyl/N-ethyl adjacent to an activating group) is 1. The summed E-state index contributed by atoms with van der Waals surface area (Å²) >= 11 is 1.63. The van der Waals surface area contributed by atoms with E-state index in [0.29, 0.717) is 6.54 Å². The molecule has 1 fully saturated rings. The zero-order chi connectivity index (χ0) is 20.2. The summed E-state index contributed by atoms with van der Waals surface area (Å²) < 4.78 is 12.8. The maximum atomic E-state index is 5.47. The van der Waals surface area contributed by atoms with Gasteiger partial charge in [-0.2, -0.15) is 0 Å². The van der Waals surface area contributed by atoms with Gasteiger partial charge in [-0.05, 0) is 31.3 Å². The minimum Gasteiger partial charge on any atom is -0.497 e. The van der Waals surface area contributed by atoms with Crippen molar-refractivity contribution in [2.45, 2.75) is 6.54 Å². The Morgan fingerprint density at radius 1 is 1.03 bits per heavy atom. The molecule has 4 rings (SSSR count). The maximum Gasteiger partial charge on any atom is 0.218 e. The second-order valence-corrected chi connectivity index (χ2v) is 7.88. The number of piperazine rings is 1. The third-order valence-corrected chi connectivity index (χ3v) is 6.07. The zero-order valence-electron chi connectivity index (χ0n) is 17.0. The molecule has 154 valence electrons. The second kappa shape index (κ2) is 8.71. The molecule has 0 saturated carbocycles. The van der Waals surface area contributed by atoms with Crippen LogP contribution >= 0.6 is 11.3 Å². The van der Waals surface area contributed by atoms with Crippen LogP contribution in [0.2, 0.25) is 0 Å². The molecular formula is C20H26N6O2S. The van der Waals surface area contributed by atoms with E-state index in [1.807, 2.05) is 30.5 Å². The van der Waals surface area contributed by atoms with Crippen LogP contribution in [-0.2, 0) is 6.54 Å². The van der Waals surface area contributed by atoms with Gasteiger partial charge in [-0.1, -0.05) is 11.3 Å². The molecule has 0 aliphatic carbocycles. The molecule has 0 amide bonds. The number of hydrogen-bond acceptors (Lipinski definition) is 8. The molecule has 2 aromatic heterocycles. The van der Waals surface area contributed by atoms with Crippen LogP contribution in [0.1, 0.15) is 5.69 Å². The molecule has 1 aliphatic rings. The van der Waals surface area contributed by atoms with Gasteiger partial charge in [0, 0.05) is 44.1 Å². The number of anilines is 2. The van der Waals surface area contributed by atoms with E-state index in [2.05, 4.69) is 43.0 Å². The largest absolute Gasteiger partial charge is 0.497 e. The van der Waals surface area contributed by atoms with Gasteiger partial charge >= 0.3 is 0 Å². The minimum atomic E-state index is 0.638. The Morgan fingerprint density at radius 3 is 2.59 bits per heavy atom. The van der Waals surface area contributed by atoms with E-state index >= 15 is 0 Å². The highest BCUT2D eigenvalue weighted by atomic mass is 32.1. The van der Waals surface area contributed by atoms with E-state index in [1.165, 1.54) is 0 Å². The smallest absolute Gasteiger partial charge is 0.218 e. The second-order valence-electron chi connectivity index (χ2n) is 6.95. The monoisotopic (exact) mass is 414 g/mol. The third-order valence-electron chi connectivity index (χ3n) is 5.09.